The maximum atomic E-state index is 12.2. The van der Waals surface area contributed by atoms with Gasteiger partial charge in [-0.2, -0.15) is 13.2 Å². The molecule has 0 atom stereocenters. The number of hydrogen-bond acceptors (Lipinski definition) is 2. The van der Waals surface area contributed by atoms with Gasteiger partial charge >= 0.3 is 12.1 Å². The van der Waals surface area contributed by atoms with Crippen LogP contribution in [0.4, 0.5) is 13.2 Å². The SMILES string of the molecule is CC(C)N(CCCCCC(=O)O)CC(F)(F)F. The van der Waals surface area contributed by atoms with Crippen molar-refractivity contribution in [2.75, 3.05) is 13.1 Å². The van der Waals surface area contributed by atoms with Crippen LogP contribution in [-0.4, -0.2) is 41.3 Å². The van der Waals surface area contributed by atoms with Crippen LogP contribution in [0.2, 0.25) is 0 Å². The summed E-state index contributed by atoms with van der Waals surface area (Å²) in [5.74, 6) is -0.860. The molecule has 0 aromatic heterocycles. The monoisotopic (exact) mass is 255 g/mol. The highest BCUT2D eigenvalue weighted by Crippen LogP contribution is 2.18. The molecule has 3 nitrogen and oxygen atoms in total. The van der Waals surface area contributed by atoms with Crippen LogP contribution in [0.3, 0.4) is 0 Å². The van der Waals surface area contributed by atoms with E-state index in [4.69, 9.17) is 5.11 Å². The third kappa shape index (κ3) is 10.1. The van der Waals surface area contributed by atoms with Crippen molar-refractivity contribution >= 4 is 5.97 Å². The molecule has 6 heteroatoms. The van der Waals surface area contributed by atoms with E-state index in [2.05, 4.69) is 0 Å². The summed E-state index contributed by atoms with van der Waals surface area (Å²) < 4.78 is 36.7. The smallest absolute Gasteiger partial charge is 0.401 e. The average molecular weight is 255 g/mol. The summed E-state index contributed by atoms with van der Waals surface area (Å²) in [6, 6.07) is -0.156. The fourth-order valence-electron chi connectivity index (χ4n) is 1.52. The van der Waals surface area contributed by atoms with Crippen LogP contribution >= 0.6 is 0 Å². The minimum Gasteiger partial charge on any atom is -0.481 e. The first-order chi connectivity index (χ1) is 7.72. The topological polar surface area (TPSA) is 40.5 Å². The summed E-state index contributed by atoms with van der Waals surface area (Å²) in [7, 11) is 0. The molecular weight excluding hydrogens is 235 g/mol. The zero-order valence-electron chi connectivity index (χ0n) is 10.3. The van der Waals surface area contributed by atoms with E-state index in [-0.39, 0.29) is 12.5 Å². The van der Waals surface area contributed by atoms with E-state index in [1.165, 1.54) is 4.90 Å². The lowest BCUT2D eigenvalue weighted by molar-refractivity contribution is -0.149. The van der Waals surface area contributed by atoms with Crippen LogP contribution < -0.4 is 0 Å². The number of carboxylic acid groups (broad SMARTS) is 1. The van der Waals surface area contributed by atoms with E-state index in [0.717, 1.165) is 0 Å². The molecule has 0 saturated heterocycles. The van der Waals surface area contributed by atoms with Gasteiger partial charge in [-0.15, -0.1) is 0 Å². The number of nitrogens with zero attached hydrogens (tertiary/aromatic N) is 1. The van der Waals surface area contributed by atoms with E-state index < -0.39 is 18.7 Å². The first-order valence-corrected chi connectivity index (χ1v) is 5.75. The molecule has 17 heavy (non-hydrogen) atoms. The molecule has 0 bridgehead atoms. The summed E-state index contributed by atoms with van der Waals surface area (Å²) in [6.45, 7) is 2.91. The van der Waals surface area contributed by atoms with Crippen molar-refractivity contribution in [2.24, 2.45) is 0 Å². The fraction of sp³-hybridized carbons (Fsp3) is 0.909. The molecule has 0 unspecified atom stereocenters. The van der Waals surface area contributed by atoms with Crippen molar-refractivity contribution in [3.05, 3.63) is 0 Å². The van der Waals surface area contributed by atoms with Crippen LogP contribution in [0.5, 0.6) is 0 Å². The van der Waals surface area contributed by atoms with Gasteiger partial charge in [-0.1, -0.05) is 6.42 Å². The van der Waals surface area contributed by atoms with Gasteiger partial charge in [0.1, 0.15) is 0 Å². The standard InChI is InChI=1S/C11H20F3NO2/c1-9(2)15(8-11(12,13)14)7-5-3-4-6-10(16)17/h9H,3-8H2,1-2H3,(H,16,17). The largest absolute Gasteiger partial charge is 0.481 e. The molecule has 0 aromatic rings. The number of aliphatic carboxylic acids is 1. The molecule has 102 valence electrons. The summed E-state index contributed by atoms with van der Waals surface area (Å²) in [4.78, 5) is 11.6. The molecule has 0 aliphatic heterocycles. The van der Waals surface area contributed by atoms with Gasteiger partial charge in [0.25, 0.3) is 0 Å². The van der Waals surface area contributed by atoms with Gasteiger partial charge < -0.3 is 5.11 Å². The second kappa shape index (κ2) is 7.53. The normalized spacial score (nSPS) is 12.4. The van der Waals surface area contributed by atoms with Crippen LogP contribution in [-0.2, 0) is 4.79 Å². The summed E-state index contributed by atoms with van der Waals surface area (Å²) in [5, 5.41) is 8.40. The Morgan fingerprint density at radius 2 is 1.82 bits per heavy atom. The Labute approximate surface area is 99.6 Å². The molecule has 0 aromatic carbocycles. The van der Waals surface area contributed by atoms with E-state index in [9.17, 15) is 18.0 Å². The Bertz CT molecular complexity index is 229. The number of carboxylic acids is 1. The number of unbranched alkanes of at least 4 members (excludes halogenated alkanes) is 2. The zero-order valence-corrected chi connectivity index (χ0v) is 10.3. The molecule has 0 spiro atoms. The minimum atomic E-state index is -4.18. The number of carbonyl (C=O) groups is 1. The van der Waals surface area contributed by atoms with Gasteiger partial charge in [0, 0.05) is 12.5 Å². The van der Waals surface area contributed by atoms with Crippen molar-refractivity contribution in [1.29, 1.82) is 0 Å². The molecule has 0 fully saturated rings. The highest BCUT2D eigenvalue weighted by Gasteiger charge is 2.31. The van der Waals surface area contributed by atoms with E-state index in [1.54, 1.807) is 13.8 Å². The van der Waals surface area contributed by atoms with Gasteiger partial charge in [-0.25, -0.2) is 0 Å². The molecule has 0 heterocycles. The average Bonchev–Trinajstić information content (AvgIpc) is 2.12. The number of rotatable bonds is 8. The van der Waals surface area contributed by atoms with Crippen LogP contribution in [0.15, 0.2) is 0 Å². The minimum absolute atomic E-state index is 0.0843. The molecule has 0 aliphatic carbocycles. The van der Waals surface area contributed by atoms with Crippen molar-refractivity contribution < 1.29 is 23.1 Å². The van der Waals surface area contributed by atoms with Gasteiger partial charge in [0.2, 0.25) is 0 Å². The lowest BCUT2D eigenvalue weighted by Gasteiger charge is -2.27. The Kier molecular flexibility index (Phi) is 7.18. The molecule has 0 rings (SSSR count). The lowest BCUT2D eigenvalue weighted by atomic mass is 10.1. The van der Waals surface area contributed by atoms with Crippen LogP contribution in [0.25, 0.3) is 0 Å². The zero-order chi connectivity index (χ0) is 13.5. The Hall–Kier alpha value is -0.780. The van der Waals surface area contributed by atoms with Crippen molar-refractivity contribution in [3.63, 3.8) is 0 Å². The molecule has 0 aliphatic rings. The van der Waals surface area contributed by atoms with Gasteiger partial charge in [0.15, 0.2) is 0 Å². The molecule has 0 radical (unpaired) electrons. The second-order valence-electron chi connectivity index (χ2n) is 4.38. The van der Waals surface area contributed by atoms with Gasteiger partial charge in [-0.05, 0) is 33.2 Å². The number of hydrogen-bond donors (Lipinski definition) is 1. The van der Waals surface area contributed by atoms with E-state index >= 15 is 0 Å². The van der Waals surface area contributed by atoms with Gasteiger partial charge in [-0.3, -0.25) is 9.69 Å². The molecule has 0 saturated carbocycles. The highest BCUT2D eigenvalue weighted by molar-refractivity contribution is 5.66. The maximum absolute atomic E-state index is 12.2. The quantitative estimate of drug-likeness (QED) is 0.678. The van der Waals surface area contributed by atoms with Crippen molar-refractivity contribution in [3.8, 4) is 0 Å². The number of alkyl halides is 3. The third-order valence-corrected chi connectivity index (χ3v) is 2.45. The predicted molar refractivity (Wildman–Crippen MR) is 58.9 cm³/mol. The summed E-state index contributed by atoms with van der Waals surface area (Å²) >= 11 is 0. The summed E-state index contributed by atoms with van der Waals surface area (Å²) in [5.41, 5.74) is 0. The highest BCUT2D eigenvalue weighted by atomic mass is 19.4. The second-order valence-corrected chi connectivity index (χ2v) is 4.38. The van der Waals surface area contributed by atoms with Crippen LogP contribution in [0.1, 0.15) is 39.5 Å². The Morgan fingerprint density at radius 1 is 1.24 bits per heavy atom. The predicted octanol–water partition coefficient (Wildman–Crippen LogP) is 2.90. The Morgan fingerprint density at radius 3 is 2.24 bits per heavy atom. The molecule has 1 N–H and O–H groups in total. The first kappa shape index (κ1) is 16.2. The third-order valence-electron chi connectivity index (χ3n) is 2.45. The van der Waals surface area contributed by atoms with Crippen molar-refractivity contribution in [1.82, 2.24) is 4.90 Å². The molecule has 0 amide bonds. The van der Waals surface area contributed by atoms with E-state index in [1.807, 2.05) is 0 Å². The Balaban J connectivity index is 3.82. The maximum Gasteiger partial charge on any atom is 0.401 e. The molecular formula is C11H20F3NO2. The van der Waals surface area contributed by atoms with Crippen molar-refractivity contribution in [2.45, 2.75) is 51.7 Å². The first-order valence-electron chi connectivity index (χ1n) is 5.75. The fourth-order valence-corrected chi connectivity index (χ4v) is 1.52. The number of halogens is 3. The van der Waals surface area contributed by atoms with Crippen LogP contribution in [0, 0.1) is 0 Å². The van der Waals surface area contributed by atoms with Gasteiger partial charge in [0.05, 0.1) is 6.54 Å². The van der Waals surface area contributed by atoms with E-state index in [0.29, 0.717) is 25.8 Å². The summed E-state index contributed by atoms with van der Waals surface area (Å²) in [6.07, 6.45) is -2.32. The lowest BCUT2D eigenvalue weighted by Crippen LogP contribution is -2.39.